The number of amides is 1. The molecule has 1 amide bonds. The molecule has 1 fully saturated rings. The van der Waals surface area contributed by atoms with Crippen molar-refractivity contribution >= 4 is 40.0 Å². The van der Waals surface area contributed by atoms with E-state index in [1.807, 2.05) is 71.3 Å². The topological polar surface area (TPSA) is 122 Å². The summed E-state index contributed by atoms with van der Waals surface area (Å²) in [6, 6.07) is 21.2. The summed E-state index contributed by atoms with van der Waals surface area (Å²) < 4.78 is 7.63. The second-order valence-corrected chi connectivity index (χ2v) is 9.35. The van der Waals surface area contributed by atoms with Crippen LogP contribution in [0, 0.1) is 0 Å². The van der Waals surface area contributed by atoms with E-state index >= 15 is 0 Å². The van der Waals surface area contributed by atoms with Gasteiger partial charge in [0.05, 0.1) is 28.1 Å². The molecule has 0 saturated carbocycles. The normalized spacial score (nSPS) is 15.0. The van der Waals surface area contributed by atoms with Gasteiger partial charge >= 0.3 is 0 Å². The fourth-order valence-corrected chi connectivity index (χ4v) is 4.73. The Bertz CT molecular complexity index is 1560. The van der Waals surface area contributed by atoms with Crippen molar-refractivity contribution in [3.8, 4) is 22.8 Å². The first-order valence-corrected chi connectivity index (χ1v) is 12.7. The second-order valence-electron chi connectivity index (χ2n) is 8.97. The number of aromatic nitrogens is 5. The van der Waals surface area contributed by atoms with Gasteiger partial charge in [-0.15, -0.1) is 10.2 Å². The van der Waals surface area contributed by atoms with Crippen LogP contribution in [0.25, 0.3) is 28.0 Å². The first-order valence-electron chi connectivity index (χ1n) is 12.3. The number of hydrogen-bond donors (Lipinski definition) is 4. The Morgan fingerprint density at radius 3 is 2.71 bits per heavy atom. The largest absolute Gasteiger partial charge is 0.484 e. The summed E-state index contributed by atoms with van der Waals surface area (Å²) in [7, 11) is 0. The number of H-pyrrole nitrogens is 1. The number of nitrogens with one attached hydrogen (secondary N) is 4. The Hall–Kier alpha value is -4.41. The van der Waals surface area contributed by atoms with Crippen LogP contribution in [0.1, 0.15) is 6.42 Å². The third-order valence-electron chi connectivity index (χ3n) is 6.39. The molecule has 0 spiro atoms. The summed E-state index contributed by atoms with van der Waals surface area (Å²) in [6.07, 6.45) is 2.62. The molecule has 1 aliphatic heterocycles. The molecule has 1 aliphatic rings. The van der Waals surface area contributed by atoms with Crippen molar-refractivity contribution < 1.29 is 9.53 Å². The molecule has 38 heavy (non-hydrogen) atoms. The number of rotatable bonds is 8. The minimum absolute atomic E-state index is 0.0358. The standard InChI is InChI=1S/C27H25ClN8O2/c28-25-21-15-30-33-22(21)10-11-23(25)32-27-35-34-26(36(27)19-4-2-1-3-5-19)17-6-8-20(9-7-17)38-16-24(37)31-18-12-13-29-14-18/h1-11,15,18,29H,12-14,16H2,(H,30,33)(H,31,37)(H,32,35). The maximum absolute atomic E-state index is 12.2. The molecular formula is C27H25ClN8O2. The Morgan fingerprint density at radius 1 is 1.08 bits per heavy atom. The Balaban J connectivity index is 1.25. The number of fused-ring (bicyclic) bond motifs is 1. The number of ether oxygens (including phenoxy) is 1. The van der Waals surface area contributed by atoms with E-state index in [-0.39, 0.29) is 18.6 Å². The smallest absolute Gasteiger partial charge is 0.258 e. The number of benzene rings is 3. The lowest BCUT2D eigenvalue weighted by Crippen LogP contribution is -2.39. The molecule has 192 valence electrons. The zero-order chi connectivity index (χ0) is 25.9. The van der Waals surface area contributed by atoms with E-state index in [0.717, 1.165) is 41.7 Å². The van der Waals surface area contributed by atoms with Crippen molar-refractivity contribution in [3.63, 3.8) is 0 Å². The van der Waals surface area contributed by atoms with Gasteiger partial charge in [0.1, 0.15) is 5.75 Å². The number of aromatic amines is 1. The SMILES string of the molecule is O=C(COc1ccc(-c2nnc(Nc3ccc4[nH]ncc4c3Cl)n2-c2ccccc2)cc1)NC1CCNC1. The van der Waals surface area contributed by atoms with E-state index in [0.29, 0.717) is 28.2 Å². The fraction of sp³-hybridized carbons (Fsp3) is 0.185. The summed E-state index contributed by atoms with van der Waals surface area (Å²) in [6.45, 7) is 1.68. The predicted octanol–water partition coefficient (Wildman–Crippen LogP) is 4.06. The second kappa shape index (κ2) is 10.5. The summed E-state index contributed by atoms with van der Waals surface area (Å²) >= 11 is 6.65. The van der Waals surface area contributed by atoms with Crippen molar-refractivity contribution in [1.29, 1.82) is 0 Å². The van der Waals surface area contributed by atoms with Crippen LogP contribution >= 0.6 is 11.6 Å². The highest BCUT2D eigenvalue weighted by Crippen LogP contribution is 2.34. The van der Waals surface area contributed by atoms with Gasteiger partial charge in [-0.1, -0.05) is 29.8 Å². The van der Waals surface area contributed by atoms with Crippen LogP contribution in [-0.2, 0) is 4.79 Å². The Kier molecular flexibility index (Phi) is 6.63. The van der Waals surface area contributed by atoms with Crippen molar-refractivity contribution in [1.82, 2.24) is 35.6 Å². The zero-order valence-electron chi connectivity index (χ0n) is 20.3. The number of hydrogen-bond acceptors (Lipinski definition) is 7. The number of halogens is 1. The molecule has 0 radical (unpaired) electrons. The number of carbonyl (C=O) groups is 1. The summed E-state index contributed by atoms with van der Waals surface area (Å²) in [5.41, 5.74) is 3.25. The highest BCUT2D eigenvalue weighted by Gasteiger charge is 2.19. The van der Waals surface area contributed by atoms with Crippen LogP contribution in [0.15, 0.2) is 72.9 Å². The van der Waals surface area contributed by atoms with Gasteiger partial charge in [-0.25, -0.2) is 0 Å². The van der Waals surface area contributed by atoms with E-state index in [4.69, 9.17) is 16.3 Å². The molecule has 5 aromatic rings. The number of nitrogens with zero attached hydrogens (tertiary/aromatic N) is 4. The molecule has 1 unspecified atom stereocenters. The lowest BCUT2D eigenvalue weighted by Gasteiger charge is -2.14. The van der Waals surface area contributed by atoms with E-state index in [1.54, 1.807) is 6.20 Å². The van der Waals surface area contributed by atoms with Crippen molar-refractivity contribution in [3.05, 3.63) is 77.9 Å². The molecule has 11 heteroatoms. The fourth-order valence-electron chi connectivity index (χ4n) is 4.47. The monoisotopic (exact) mass is 528 g/mol. The van der Waals surface area contributed by atoms with Crippen LogP contribution in [0.5, 0.6) is 5.75 Å². The average Bonchev–Trinajstić information content (AvgIpc) is 3.72. The molecule has 0 aliphatic carbocycles. The van der Waals surface area contributed by atoms with Gasteiger partial charge < -0.3 is 20.7 Å². The van der Waals surface area contributed by atoms with Crippen LogP contribution in [-0.4, -0.2) is 56.6 Å². The van der Waals surface area contributed by atoms with Gasteiger partial charge in [-0.3, -0.25) is 14.5 Å². The van der Waals surface area contributed by atoms with E-state index in [1.165, 1.54) is 0 Å². The van der Waals surface area contributed by atoms with Crippen LogP contribution < -0.4 is 20.7 Å². The van der Waals surface area contributed by atoms with Gasteiger partial charge in [0.2, 0.25) is 5.95 Å². The number of anilines is 2. The number of carbonyl (C=O) groups excluding carboxylic acids is 1. The average molecular weight is 529 g/mol. The molecule has 3 aromatic carbocycles. The van der Waals surface area contributed by atoms with Crippen molar-refractivity contribution in [2.24, 2.45) is 0 Å². The highest BCUT2D eigenvalue weighted by atomic mass is 35.5. The van der Waals surface area contributed by atoms with Crippen LogP contribution in [0.2, 0.25) is 5.02 Å². The molecule has 2 aromatic heterocycles. The van der Waals surface area contributed by atoms with Crippen molar-refractivity contribution in [2.45, 2.75) is 12.5 Å². The maximum atomic E-state index is 12.2. The minimum atomic E-state index is -0.130. The summed E-state index contributed by atoms with van der Waals surface area (Å²) in [5, 5.41) is 26.8. The van der Waals surface area contributed by atoms with Gasteiger partial charge in [0.25, 0.3) is 5.91 Å². The molecule has 10 nitrogen and oxygen atoms in total. The quantitative estimate of drug-likeness (QED) is 0.239. The van der Waals surface area contributed by atoms with Gasteiger partial charge in [0, 0.05) is 23.5 Å². The maximum Gasteiger partial charge on any atom is 0.258 e. The van der Waals surface area contributed by atoms with Crippen LogP contribution in [0.4, 0.5) is 11.6 Å². The number of para-hydroxylation sites is 1. The Morgan fingerprint density at radius 2 is 1.92 bits per heavy atom. The minimum Gasteiger partial charge on any atom is -0.484 e. The first kappa shape index (κ1) is 24.0. The van der Waals surface area contributed by atoms with E-state index in [2.05, 4.69) is 36.3 Å². The van der Waals surface area contributed by atoms with Gasteiger partial charge in [-0.2, -0.15) is 5.10 Å². The third kappa shape index (κ3) is 4.91. The lowest BCUT2D eigenvalue weighted by atomic mass is 10.2. The molecule has 3 heterocycles. The molecule has 1 atom stereocenters. The predicted molar refractivity (Wildman–Crippen MR) is 146 cm³/mol. The Labute approximate surface area is 223 Å². The molecular weight excluding hydrogens is 504 g/mol. The molecule has 4 N–H and O–H groups in total. The van der Waals surface area contributed by atoms with E-state index in [9.17, 15) is 4.79 Å². The van der Waals surface area contributed by atoms with Gasteiger partial charge in [-0.05, 0) is 61.5 Å². The first-order chi connectivity index (χ1) is 18.7. The molecule has 6 rings (SSSR count). The summed E-state index contributed by atoms with van der Waals surface area (Å²) in [5.74, 6) is 1.61. The molecule has 1 saturated heterocycles. The lowest BCUT2D eigenvalue weighted by molar-refractivity contribution is -0.123. The third-order valence-corrected chi connectivity index (χ3v) is 6.80. The molecule has 0 bridgehead atoms. The van der Waals surface area contributed by atoms with Crippen molar-refractivity contribution in [2.75, 3.05) is 25.0 Å². The highest BCUT2D eigenvalue weighted by molar-refractivity contribution is 6.38. The summed E-state index contributed by atoms with van der Waals surface area (Å²) in [4.78, 5) is 12.2. The van der Waals surface area contributed by atoms with Gasteiger partial charge in [0.15, 0.2) is 12.4 Å². The zero-order valence-corrected chi connectivity index (χ0v) is 21.1. The van der Waals surface area contributed by atoms with E-state index < -0.39 is 0 Å². The van der Waals surface area contributed by atoms with Crippen LogP contribution in [0.3, 0.4) is 0 Å².